The highest BCUT2D eigenvalue weighted by Crippen LogP contribution is 2.25. The largest absolute Gasteiger partial charge is 0.325 e. The van der Waals surface area contributed by atoms with Crippen molar-refractivity contribution in [1.82, 2.24) is 14.8 Å². The van der Waals surface area contributed by atoms with E-state index < -0.39 is 0 Å². The molecule has 3 rings (SSSR count). The Hall–Kier alpha value is -2.25. The van der Waals surface area contributed by atoms with Crippen molar-refractivity contribution in [3.05, 3.63) is 65.5 Å². The van der Waals surface area contributed by atoms with Crippen molar-refractivity contribution in [3.63, 3.8) is 0 Å². The lowest BCUT2D eigenvalue weighted by atomic mass is 10.1. The summed E-state index contributed by atoms with van der Waals surface area (Å²) in [5, 5.41) is 12.4. The van der Waals surface area contributed by atoms with Crippen molar-refractivity contribution in [1.29, 1.82) is 0 Å². The number of anilines is 1. The van der Waals surface area contributed by atoms with Gasteiger partial charge in [0.2, 0.25) is 5.91 Å². The summed E-state index contributed by atoms with van der Waals surface area (Å²) in [6, 6.07) is 16.6. The summed E-state index contributed by atoms with van der Waals surface area (Å²) in [5.74, 6) is 1.95. The molecule has 0 saturated heterocycles. The fraction of sp³-hybridized carbons (Fsp3) is 0.375. The summed E-state index contributed by atoms with van der Waals surface area (Å²) in [4.78, 5) is 13.6. The molecule has 3 aromatic rings. The summed E-state index contributed by atoms with van der Waals surface area (Å²) < 4.78 is 2.08. The zero-order valence-corrected chi connectivity index (χ0v) is 20.1. The van der Waals surface area contributed by atoms with Gasteiger partial charge in [-0.15, -0.1) is 22.0 Å². The minimum absolute atomic E-state index is 0.0347. The van der Waals surface area contributed by atoms with Crippen molar-refractivity contribution >= 4 is 35.1 Å². The van der Waals surface area contributed by atoms with Crippen LogP contribution in [0.2, 0.25) is 0 Å². The lowest BCUT2D eigenvalue weighted by Gasteiger charge is -2.08. The molecule has 0 spiro atoms. The Balaban J connectivity index is 1.51. The van der Waals surface area contributed by atoms with Gasteiger partial charge in [0, 0.05) is 17.1 Å². The van der Waals surface area contributed by atoms with Crippen LogP contribution >= 0.6 is 23.5 Å². The normalized spacial score (nSPS) is 10.9. The number of benzene rings is 2. The molecule has 0 aliphatic rings. The first kappa shape index (κ1) is 23.4. The number of nitrogens with one attached hydrogen (secondary N) is 1. The Kier molecular flexibility index (Phi) is 9.03. The monoisotopic (exact) mass is 454 g/mol. The quantitative estimate of drug-likeness (QED) is 0.362. The zero-order valence-electron chi connectivity index (χ0n) is 18.4. The molecular formula is C24H30N4OS2. The Morgan fingerprint density at radius 2 is 1.74 bits per heavy atom. The van der Waals surface area contributed by atoms with Gasteiger partial charge in [-0.3, -0.25) is 4.79 Å². The van der Waals surface area contributed by atoms with E-state index in [2.05, 4.69) is 77.3 Å². The summed E-state index contributed by atoms with van der Waals surface area (Å²) >= 11 is 3.17. The average Bonchev–Trinajstić information content (AvgIpc) is 3.18. The van der Waals surface area contributed by atoms with Gasteiger partial charge in [0.25, 0.3) is 0 Å². The fourth-order valence-corrected chi connectivity index (χ4v) is 4.75. The van der Waals surface area contributed by atoms with Crippen LogP contribution in [0, 0.1) is 6.92 Å². The molecule has 1 amide bonds. The number of carbonyl (C=O) groups excluding carboxylic acids is 1. The second-order valence-corrected chi connectivity index (χ2v) is 9.37. The van der Waals surface area contributed by atoms with Gasteiger partial charge in [-0.1, -0.05) is 54.9 Å². The van der Waals surface area contributed by atoms with Crippen molar-refractivity contribution in [2.75, 3.05) is 11.1 Å². The van der Waals surface area contributed by atoms with E-state index in [-0.39, 0.29) is 5.91 Å². The second kappa shape index (κ2) is 12.0. The molecule has 1 N–H and O–H groups in total. The number of rotatable bonds is 11. The van der Waals surface area contributed by atoms with Crippen molar-refractivity contribution in [2.24, 2.45) is 0 Å². The fourth-order valence-electron chi connectivity index (χ4n) is 3.10. The van der Waals surface area contributed by atoms with Crippen LogP contribution in [0.1, 0.15) is 43.6 Å². The molecule has 7 heteroatoms. The Bertz CT molecular complexity index is 968. The summed E-state index contributed by atoms with van der Waals surface area (Å²) in [6.45, 7) is 7.13. The minimum Gasteiger partial charge on any atom is -0.325 e. The standard InChI is InChI=1S/C24H30N4OS2/c1-4-6-7-19-10-12-20(13-11-19)25-23(29)17-31-24-27-26-22(28(24)5-2)16-30-21-14-8-18(3)9-15-21/h8-15H,4-7,16-17H2,1-3H3,(H,25,29). The van der Waals surface area contributed by atoms with Crippen molar-refractivity contribution in [2.45, 2.75) is 62.4 Å². The maximum atomic E-state index is 12.4. The molecule has 2 aromatic carbocycles. The van der Waals surface area contributed by atoms with Crippen LogP contribution < -0.4 is 5.32 Å². The highest BCUT2D eigenvalue weighted by Gasteiger charge is 2.13. The third-order valence-electron chi connectivity index (χ3n) is 4.89. The third kappa shape index (κ3) is 7.14. The minimum atomic E-state index is -0.0347. The first-order chi connectivity index (χ1) is 15.1. The lowest BCUT2D eigenvalue weighted by molar-refractivity contribution is -0.113. The number of amides is 1. The molecule has 164 valence electrons. The summed E-state index contributed by atoms with van der Waals surface area (Å²) in [5.41, 5.74) is 3.39. The van der Waals surface area contributed by atoms with Gasteiger partial charge in [-0.2, -0.15) is 0 Å². The van der Waals surface area contributed by atoms with E-state index in [1.165, 1.54) is 40.6 Å². The summed E-state index contributed by atoms with van der Waals surface area (Å²) in [7, 11) is 0. The number of aromatic nitrogens is 3. The molecule has 0 bridgehead atoms. The van der Waals surface area contributed by atoms with Gasteiger partial charge in [-0.05, 0) is 56.5 Å². The molecule has 0 atom stereocenters. The highest BCUT2D eigenvalue weighted by atomic mass is 32.2. The number of nitrogens with zero attached hydrogens (tertiary/aromatic N) is 3. The van der Waals surface area contributed by atoms with Crippen LogP contribution in [-0.2, 0) is 23.5 Å². The molecule has 0 radical (unpaired) electrons. The highest BCUT2D eigenvalue weighted by molar-refractivity contribution is 7.99. The maximum absolute atomic E-state index is 12.4. The number of hydrogen-bond donors (Lipinski definition) is 1. The van der Waals surface area contributed by atoms with E-state index in [0.717, 1.165) is 35.4 Å². The van der Waals surface area contributed by atoms with E-state index in [0.29, 0.717) is 5.75 Å². The number of carbonyl (C=O) groups is 1. The molecule has 1 aromatic heterocycles. The predicted octanol–water partition coefficient (Wildman–Crippen LogP) is 5.97. The number of hydrogen-bond acceptors (Lipinski definition) is 5. The number of unbranched alkanes of at least 4 members (excludes halogenated alkanes) is 1. The topological polar surface area (TPSA) is 59.8 Å². The van der Waals surface area contributed by atoms with Gasteiger partial charge in [0.05, 0.1) is 11.5 Å². The molecule has 0 fully saturated rings. The van der Waals surface area contributed by atoms with Gasteiger partial charge in [0.1, 0.15) is 5.82 Å². The van der Waals surface area contributed by atoms with Crippen LogP contribution in [0.4, 0.5) is 5.69 Å². The average molecular weight is 455 g/mol. The molecule has 0 unspecified atom stereocenters. The zero-order chi connectivity index (χ0) is 22.1. The van der Waals surface area contributed by atoms with E-state index in [4.69, 9.17) is 0 Å². The molecule has 5 nitrogen and oxygen atoms in total. The third-order valence-corrected chi connectivity index (χ3v) is 6.86. The van der Waals surface area contributed by atoms with Crippen LogP contribution in [0.25, 0.3) is 0 Å². The lowest BCUT2D eigenvalue weighted by Crippen LogP contribution is -2.14. The van der Waals surface area contributed by atoms with Crippen LogP contribution in [-0.4, -0.2) is 26.4 Å². The maximum Gasteiger partial charge on any atom is 0.234 e. The van der Waals surface area contributed by atoms with Crippen molar-refractivity contribution < 1.29 is 4.79 Å². The Morgan fingerprint density at radius 1 is 1.00 bits per heavy atom. The van der Waals surface area contributed by atoms with Gasteiger partial charge < -0.3 is 9.88 Å². The van der Waals surface area contributed by atoms with Gasteiger partial charge in [-0.25, -0.2) is 0 Å². The number of aryl methyl sites for hydroxylation is 2. The van der Waals surface area contributed by atoms with E-state index in [9.17, 15) is 4.79 Å². The molecular weight excluding hydrogens is 424 g/mol. The van der Waals surface area contributed by atoms with Gasteiger partial charge in [0.15, 0.2) is 5.16 Å². The molecule has 0 saturated carbocycles. The molecule has 0 aliphatic heterocycles. The van der Waals surface area contributed by atoms with Crippen molar-refractivity contribution in [3.8, 4) is 0 Å². The first-order valence-electron chi connectivity index (χ1n) is 10.7. The molecule has 0 aliphatic carbocycles. The predicted molar refractivity (Wildman–Crippen MR) is 131 cm³/mol. The first-order valence-corrected chi connectivity index (χ1v) is 12.7. The summed E-state index contributed by atoms with van der Waals surface area (Å²) in [6.07, 6.45) is 3.45. The van der Waals surface area contributed by atoms with Gasteiger partial charge >= 0.3 is 0 Å². The second-order valence-electron chi connectivity index (χ2n) is 7.38. The molecule has 31 heavy (non-hydrogen) atoms. The SMILES string of the molecule is CCCCc1ccc(NC(=O)CSc2nnc(CSc3ccc(C)cc3)n2CC)cc1. The van der Waals surface area contributed by atoms with Crippen LogP contribution in [0.3, 0.4) is 0 Å². The smallest absolute Gasteiger partial charge is 0.234 e. The Labute approximate surface area is 193 Å². The molecule has 1 heterocycles. The van der Waals surface area contributed by atoms with Crippen LogP contribution in [0.15, 0.2) is 58.6 Å². The number of thioether (sulfide) groups is 2. The van der Waals surface area contributed by atoms with Crippen LogP contribution in [0.5, 0.6) is 0 Å². The Morgan fingerprint density at radius 3 is 2.42 bits per heavy atom. The van der Waals surface area contributed by atoms with E-state index in [1.54, 1.807) is 11.8 Å². The van der Waals surface area contributed by atoms with E-state index >= 15 is 0 Å². The van der Waals surface area contributed by atoms with E-state index in [1.807, 2.05) is 12.1 Å².